The fourth-order valence-electron chi connectivity index (χ4n) is 3.11. The van der Waals surface area contributed by atoms with Crippen LogP contribution in [0.1, 0.15) is 24.8 Å². The van der Waals surface area contributed by atoms with E-state index in [9.17, 15) is 9.59 Å². The third kappa shape index (κ3) is 5.23. The Bertz CT molecular complexity index is 562. The molecule has 0 saturated carbocycles. The van der Waals surface area contributed by atoms with Gasteiger partial charge in [0.1, 0.15) is 5.75 Å². The fourth-order valence-corrected chi connectivity index (χ4v) is 3.11. The molecule has 6 heteroatoms. The number of hydrogen-bond donors (Lipinski definition) is 1. The molecule has 1 amide bonds. The highest BCUT2D eigenvalue weighted by Crippen LogP contribution is 2.25. The van der Waals surface area contributed by atoms with Crippen LogP contribution < -0.4 is 10.1 Å². The van der Waals surface area contributed by atoms with Crippen molar-refractivity contribution in [3.8, 4) is 5.75 Å². The summed E-state index contributed by atoms with van der Waals surface area (Å²) in [4.78, 5) is 25.3. The highest BCUT2D eigenvalue weighted by Gasteiger charge is 2.27. The summed E-state index contributed by atoms with van der Waals surface area (Å²) in [7, 11) is 3.02. The van der Waals surface area contributed by atoms with Crippen LogP contribution in [0.4, 0.5) is 0 Å². The van der Waals surface area contributed by atoms with Crippen molar-refractivity contribution in [3.63, 3.8) is 0 Å². The predicted molar refractivity (Wildman–Crippen MR) is 90.9 cm³/mol. The number of esters is 1. The van der Waals surface area contributed by atoms with Crippen molar-refractivity contribution in [2.24, 2.45) is 0 Å². The van der Waals surface area contributed by atoms with E-state index in [0.29, 0.717) is 19.1 Å². The smallest absolute Gasteiger partial charge is 0.307 e. The summed E-state index contributed by atoms with van der Waals surface area (Å²) < 4.78 is 9.97. The number of carbonyl (C=O) groups is 2. The zero-order chi connectivity index (χ0) is 17.4. The second kappa shape index (κ2) is 9.27. The van der Waals surface area contributed by atoms with Crippen LogP contribution in [0.15, 0.2) is 24.3 Å². The van der Waals surface area contributed by atoms with E-state index >= 15 is 0 Å². The molecule has 1 atom stereocenters. The standard InChI is InChI=1S/C18H26N2O4/c1-23-16-8-4-3-6-14(16)12-15-7-5-11-20(15)13-17(21)19-10-9-18(22)24-2/h3-4,6,8,15H,5,7,9-13H2,1-2H3,(H,19,21). The van der Waals surface area contributed by atoms with Crippen molar-refractivity contribution in [1.29, 1.82) is 0 Å². The summed E-state index contributed by atoms with van der Waals surface area (Å²) in [5.41, 5.74) is 1.17. The molecule has 1 aliphatic rings. The molecule has 0 bridgehead atoms. The second-order valence-corrected chi connectivity index (χ2v) is 5.96. The van der Waals surface area contributed by atoms with Gasteiger partial charge in [-0.05, 0) is 37.4 Å². The van der Waals surface area contributed by atoms with Gasteiger partial charge in [-0.15, -0.1) is 0 Å². The third-order valence-electron chi connectivity index (χ3n) is 4.37. The minimum atomic E-state index is -0.314. The molecule has 1 heterocycles. The first-order valence-electron chi connectivity index (χ1n) is 8.33. The van der Waals surface area contributed by atoms with Crippen LogP contribution in [-0.4, -0.2) is 56.7 Å². The lowest BCUT2D eigenvalue weighted by Gasteiger charge is -2.24. The van der Waals surface area contributed by atoms with Crippen molar-refractivity contribution < 1.29 is 19.1 Å². The average molecular weight is 334 g/mol. The van der Waals surface area contributed by atoms with Crippen LogP contribution in [0.25, 0.3) is 0 Å². The van der Waals surface area contributed by atoms with E-state index in [2.05, 4.69) is 21.0 Å². The number of rotatable bonds is 8. The number of carbonyl (C=O) groups excluding carboxylic acids is 2. The number of para-hydroxylation sites is 1. The molecule has 1 aromatic carbocycles. The van der Waals surface area contributed by atoms with Gasteiger partial charge in [-0.2, -0.15) is 0 Å². The number of ether oxygens (including phenoxy) is 2. The van der Waals surface area contributed by atoms with Gasteiger partial charge < -0.3 is 14.8 Å². The molecule has 6 nitrogen and oxygen atoms in total. The minimum absolute atomic E-state index is 0.0502. The van der Waals surface area contributed by atoms with E-state index in [1.807, 2.05) is 18.2 Å². The number of likely N-dealkylation sites (tertiary alicyclic amines) is 1. The van der Waals surface area contributed by atoms with Gasteiger partial charge in [0.15, 0.2) is 0 Å². The summed E-state index contributed by atoms with van der Waals surface area (Å²) in [6.45, 7) is 1.60. The number of benzene rings is 1. The predicted octanol–water partition coefficient (Wildman–Crippen LogP) is 1.38. The van der Waals surface area contributed by atoms with Crippen LogP contribution in [0, 0.1) is 0 Å². The molecular formula is C18H26N2O4. The number of hydrogen-bond acceptors (Lipinski definition) is 5. The topological polar surface area (TPSA) is 67.9 Å². The van der Waals surface area contributed by atoms with Crippen LogP contribution >= 0.6 is 0 Å². The molecule has 1 saturated heterocycles. The van der Waals surface area contributed by atoms with Gasteiger partial charge in [0.05, 0.1) is 27.2 Å². The van der Waals surface area contributed by atoms with Crippen molar-refractivity contribution >= 4 is 11.9 Å². The minimum Gasteiger partial charge on any atom is -0.496 e. The second-order valence-electron chi connectivity index (χ2n) is 5.96. The summed E-state index contributed by atoms with van der Waals surface area (Å²) >= 11 is 0. The fraction of sp³-hybridized carbons (Fsp3) is 0.556. The van der Waals surface area contributed by atoms with Crippen LogP contribution in [0.2, 0.25) is 0 Å². The Morgan fingerprint density at radius 3 is 2.83 bits per heavy atom. The first kappa shape index (κ1) is 18.3. The molecule has 0 aliphatic carbocycles. The van der Waals surface area contributed by atoms with Crippen molar-refractivity contribution in [3.05, 3.63) is 29.8 Å². The quantitative estimate of drug-likeness (QED) is 0.728. The molecule has 1 fully saturated rings. The van der Waals surface area contributed by atoms with Gasteiger partial charge in [0.2, 0.25) is 5.91 Å². The van der Waals surface area contributed by atoms with Crippen molar-refractivity contribution in [2.45, 2.75) is 31.7 Å². The first-order chi connectivity index (χ1) is 11.6. The molecule has 0 spiro atoms. The van der Waals surface area contributed by atoms with E-state index in [0.717, 1.165) is 31.6 Å². The number of nitrogens with zero attached hydrogens (tertiary/aromatic N) is 1. The molecule has 0 radical (unpaired) electrons. The van der Waals surface area contributed by atoms with E-state index in [4.69, 9.17) is 4.74 Å². The SMILES string of the molecule is COC(=O)CCNC(=O)CN1CCCC1Cc1ccccc1OC. The maximum atomic E-state index is 12.1. The first-order valence-corrected chi connectivity index (χ1v) is 8.33. The van der Waals surface area contributed by atoms with Gasteiger partial charge >= 0.3 is 5.97 Å². The van der Waals surface area contributed by atoms with E-state index in [1.165, 1.54) is 12.7 Å². The van der Waals surface area contributed by atoms with Crippen LogP contribution in [0.3, 0.4) is 0 Å². The zero-order valence-electron chi connectivity index (χ0n) is 14.4. The lowest BCUT2D eigenvalue weighted by molar-refractivity contribution is -0.140. The number of amides is 1. The Labute approximate surface area is 143 Å². The Balaban J connectivity index is 1.84. The molecular weight excluding hydrogens is 308 g/mol. The molecule has 132 valence electrons. The van der Waals surface area contributed by atoms with Gasteiger partial charge in [-0.3, -0.25) is 14.5 Å². The molecule has 0 aromatic heterocycles. The Kier molecular flexibility index (Phi) is 7.06. The monoisotopic (exact) mass is 334 g/mol. The summed E-state index contributed by atoms with van der Waals surface area (Å²) in [5.74, 6) is 0.531. The van der Waals surface area contributed by atoms with Gasteiger partial charge in [0.25, 0.3) is 0 Å². The summed E-state index contributed by atoms with van der Waals surface area (Å²) in [5, 5.41) is 2.78. The highest BCUT2D eigenvalue weighted by atomic mass is 16.5. The molecule has 2 rings (SSSR count). The average Bonchev–Trinajstić information content (AvgIpc) is 3.02. The normalized spacial score (nSPS) is 17.5. The lowest BCUT2D eigenvalue weighted by atomic mass is 10.0. The maximum Gasteiger partial charge on any atom is 0.307 e. The highest BCUT2D eigenvalue weighted by molar-refractivity contribution is 5.79. The summed E-state index contributed by atoms with van der Waals surface area (Å²) in [6.07, 6.45) is 3.25. The molecule has 24 heavy (non-hydrogen) atoms. The van der Waals surface area contributed by atoms with Gasteiger partial charge in [-0.1, -0.05) is 18.2 Å². The lowest BCUT2D eigenvalue weighted by Crippen LogP contribution is -2.41. The molecule has 1 aliphatic heterocycles. The molecule has 1 N–H and O–H groups in total. The van der Waals surface area contributed by atoms with Crippen molar-refractivity contribution in [1.82, 2.24) is 10.2 Å². The number of nitrogens with one attached hydrogen (secondary N) is 1. The molecule has 1 aromatic rings. The van der Waals surface area contributed by atoms with Gasteiger partial charge in [0, 0.05) is 12.6 Å². The maximum absolute atomic E-state index is 12.1. The van der Waals surface area contributed by atoms with E-state index < -0.39 is 0 Å². The zero-order valence-corrected chi connectivity index (χ0v) is 14.4. The Hall–Kier alpha value is -2.08. The van der Waals surface area contributed by atoms with Gasteiger partial charge in [-0.25, -0.2) is 0 Å². The Morgan fingerprint density at radius 2 is 2.08 bits per heavy atom. The van der Waals surface area contributed by atoms with Crippen molar-refractivity contribution in [2.75, 3.05) is 33.9 Å². The third-order valence-corrected chi connectivity index (χ3v) is 4.37. The van der Waals surface area contributed by atoms with Crippen LogP contribution in [-0.2, 0) is 20.7 Å². The largest absolute Gasteiger partial charge is 0.496 e. The van der Waals surface area contributed by atoms with E-state index in [-0.39, 0.29) is 18.3 Å². The molecule has 1 unspecified atom stereocenters. The summed E-state index contributed by atoms with van der Waals surface area (Å²) in [6, 6.07) is 8.35. The van der Waals surface area contributed by atoms with E-state index in [1.54, 1.807) is 7.11 Å². The van der Waals surface area contributed by atoms with Crippen LogP contribution in [0.5, 0.6) is 5.75 Å². The Morgan fingerprint density at radius 1 is 1.29 bits per heavy atom. The number of methoxy groups -OCH3 is 2.